The molecule has 1 rings (SSSR count). The van der Waals surface area contributed by atoms with Gasteiger partial charge < -0.3 is 5.73 Å². The highest BCUT2D eigenvalue weighted by Gasteiger charge is 2.01. The molecule has 56 valence electrons. The highest BCUT2D eigenvalue weighted by atomic mass is 35.5. The first-order chi connectivity index (χ1) is 4.20. The molecule has 7 heteroatoms. The molecule has 0 fully saturated rings. The van der Waals surface area contributed by atoms with Crippen molar-refractivity contribution in [3.63, 3.8) is 0 Å². The summed E-state index contributed by atoms with van der Waals surface area (Å²) < 4.78 is 0.528. The number of nitrogens with two attached hydrogens (primary N) is 1. The molecule has 10 heavy (non-hydrogen) atoms. The van der Waals surface area contributed by atoms with Crippen LogP contribution >= 0.6 is 36.4 Å². The third kappa shape index (κ3) is 2.13. The number of aromatic nitrogens is 2. The lowest BCUT2D eigenvalue weighted by molar-refractivity contribution is 1.00. The molecule has 0 bridgehead atoms. The summed E-state index contributed by atoms with van der Waals surface area (Å²) >= 11 is 5.08. The predicted octanol–water partition coefficient (Wildman–Crippen LogP) is 0.533. The Hall–Kier alpha value is -0.330. The molecule has 0 unspecified atom stereocenters. The first-order valence-corrected chi connectivity index (χ1v) is 3.33. The third-order valence-electron chi connectivity index (χ3n) is 0.645. The van der Waals surface area contributed by atoms with Gasteiger partial charge >= 0.3 is 0 Å². The second kappa shape index (κ2) is 3.75. The highest BCUT2D eigenvalue weighted by molar-refractivity contribution is 7.82. The van der Waals surface area contributed by atoms with Gasteiger partial charge in [-0.05, 0) is 0 Å². The van der Waals surface area contributed by atoms with E-state index in [9.17, 15) is 0 Å². The second-order valence-electron chi connectivity index (χ2n) is 1.30. The Kier molecular flexibility index (Phi) is 3.62. The van der Waals surface area contributed by atoms with E-state index >= 15 is 0 Å². The van der Waals surface area contributed by atoms with Gasteiger partial charge in [-0.2, -0.15) is 0 Å². The molecule has 0 atom stereocenters. The van der Waals surface area contributed by atoms with Crippen LogP contribution in [0.2, 0.25) is 0 Å². The van der Waals surface area contributed by atoms with E-state index < -0.39 is 0 Å². The molecule has 4 nitrogen and oxygen atoms in total. The Labute approximate surface area is 73.2 Å². The molecule has 0 aliphatic carbocycles. The number of rotatable bonds is 1. The van der Waals surface area contributed by atoms with Crippen molar-refractivity contribution in [3.8, 4) is 0 Å². The van der Waals surface area contributed by atoms with Crippen molar-refractivity contribution in [2.24, 2.45) is 5.73 Å². The monoisotopic (exact) mass is 196 g/mol. The number of halogens is 1. The van der Waals surface area contributed by atoms with Gasteiger partial charge in [-0.25, -0.2) is 0 Å². The quantitative estimate of drug-likeness (QED) is 0.349. The van der Waals surface area contributed by atoms with E-state index in [-0.39, 0.29) is 18.2 Å². The Morgan fingerprint density at radius 3 is 2.40 bits per heavy atom. The summed E-state index contributed by atoms with van der Waals surface area (Å²) in [6.45, 7) is 0. The highest BCUT2D eigenvalue weighted by Crippen LogP contribution is 2.11. The van der Waals surface area contributed by atoms with Crippen molar-refractivity contribution in [2.45, 2.75) is 4.34 Å². The molecule has 1 heterocycles. The van der Waals surface area contributed by atoms with Crippen LogP contribution < -0.4 is 5.73 Å². The smallest absolute Gasteiger partial charge is 0.182 e. The van der Waals surface area contributed by atoms with Crippen LogP contribution in [0.3, 0.4) is 0 Å². The van der Waals surface area contributed by atoms with E-state index in [4.69, 9.17) is 11.1 Å². The summed E-state index contributed by atoms with van der Waals surface area (Å²) in [5.74, 6) is -0.0622. The largest absolute Gasteiger partial charge is 0.382 e. The van der Waals surface area contributed by atoms with Crippen molar-refractivity contribution < 1.29 is 0 Å². The number of nitrogens with zero attached hydrogens (tertiary/aromatic N) is 2. The van der Waals surface area contributed by atoms with Gasteiger partial charge in [0.05, 0.1) is 0 Å². The molecule has 0 aliphatic heterocycles. The number of thiol groups is 1. The van der Waals surface area contributed by atoms with Crippen molar-refractivity contribution >= 4 is 42.2 Å². The summed E-state index contributed by atoms with van der Waals surface area (Å²) in [5, 5.41) is 14.4. The third-order valence-corrected chi connectivity index (χ3v) is 1.77. The maximum Gasteiger partial charge on any atom is 0.182 e. The summed E-state index contributed by atoms with van der Waals surface area (Å²) in [6, 6.07) is 0. The summed E-state index contributed by atoms with van der Waals surface area (Å²) in [6.07, 6.45) is 0. The number of amidine groups is 1. The van der Waals surface area contributed by atoms with Crippen LogP contribution in [0.25, 0.3) is 0 Å². The van der Waals surface area contributed by atoms with E-state index in [1.807, 2.05) is 0 Å². The zero-order valence-corrected chi connectivity index (χ0v) is 7.26. The van der Waals surface area contributed by atoms with Gasteiger partial charge in [0.1, 0.15) is 0 Å². The predicted molar refractivity (Wildman–Crippen MR) is 45.4 cm³/mol. The molecule has 3 N–H and O–H groups in total. The Morgan fingerprint density at radius 1 is 1.60 bits per heavy atom. The summed E-state index contributed by atoms with van der Waals surface area (Å²) in [7, 11) is 0. The minimum Gasteiger partial charge on any atom is -0.382 e. The number of hydrogen-bond acceptors (Lipinski definition) is 5. The zero-order chi connectivity index (χ0) is 6.85. The van der Waals surface area contributed by atoms with E-state index in [2.05, 4.69) is 22.8 Å². The molecule has 0 aliphatic rings. The van der Waals surface area contributed by atoms with Crippen LogP contribution in [-0.2, 0) is 0 Å². The van der Waals surface area contributed by atoms with Crippen molar-refractivity contribution in [1.82, 2.24) is 10.2 Å². The lowest BCUT2D eigenvalue weighted by Gasteiger charge is -1.81. The van der Waals surface area contributed by atoms with Crippen LogP contribution in [0.4, 0.5) is 0 Å². The van der Waals surface area contributed by atoms with Crippen LogP contribution in [0.1, 0.15) is 5.01 Å². The van der Waals surface area contributed by atoms with E-state index in [0.717, 1.165) is 0 Å². The summed E-state index contributed by atoms with van der Waals surface area (Å²) in [5.41, 5.74) is 5.08. The van der Waals surface area contributed by atoms with Gasteiger partial charge in [-0.3, -0.25) is 5.41 Å². The minimum absolute atomic E-state index is 0. The maximum absolute atomic E-state index is 6.90. The zero-order valence-electron chi connectivity index (χ0n) is 4.74. The van der Waals surface area contributed by atoms with Gasteiger partial charge in [-0.1, -0.05) is 11.3 Å². The average molecular weight is 197 g/mol. The first-order valence-electron chi connectivity index (χ1n) is 2.07. The molecule has 1 aromatic heterocycles. The van der Waals surface area contributed by atoms with Crippen LogP contribution in [-0.4, -0.2) is 16.0 Å². The fourth-order valence-corrected chi connectivity index (χ4v) is 1.07. The molecule has 0 amide bonds. The number of nitrogen functional groups attached to an aromatic ring is 1. The molecule has 0 saturated carbocycles. The van der Waals surface area contributed by atoms with Gasteiger partial charge in [0.25, 0.3) is 0 Å². The van der Waals surface area contributed by atoms with Crippen molar-refractivity contribution in [1.29, 1.82) is 5.41 Å². The lowest BCUT2D eigenvalue weighted by atomic mass is 10.7. The number of hydrogen-bond donors (Lipinski definition) is 3. The fraction of sp³-hybridized carbons (Fsp3) is 0. The van der Waals surface area contributed by atoms with Gasteiger partial charge in [0, 0.05) is 0 Å². The van der Waals surface area contributed by atoms with Crippen LogP contribution in [0.15, 0.2) is 4.34 Å². The van der Waals surface area contributed by atoms with Gasteiger partial charge in [0.15, 0.2) is 15.2 Å². The van der Waals surface area contributed by atoms with Crippen LogP contribution in [0, 0.1) is 5.41 Å². The number of nitrogens with one attached hydrogen (secondary N) is 1. The average Bonchev–Trinajstić information content (AvgIpc) is 2.14. The molecule has 0 saturated heterocycles. The molecule has 1 aromatic rings. The molecule has 0 spiro atoms. The second-order valence-corrected chi connectivity index (χ2v) is 3.01. The standard InChI is InChI=1S/C3H4N4S2.ClH/c4-1(5)2-6-7-3(8)9-2;/h(H3,4,5)(H,7,8);1H. The SMILES string of the molecule is Cl.N=C(N)c1nnc(S)s1. The fourth-order valence-electron chi connectivity index (χ4n) is 0.324. The van der Waals surface area contributed by atoms with Gasteiger partial charge in [0.2, 0.25) is 0 Å². The molecular formula is C3H5ClN4S2. The topological polar surface area (TPSA) is 75.7 Å². The maximum atomic E-state index is 6.90. The lowest BCUT2D eigenvalue weighted by Crippen LogP contribution is -2.10. The summed E-state index contributed by atoms with van der Waals surface area (Å²) in [4.78, 5) is 0. The van der Waals surface area contributed by atoms with Crippen molar-refractivity contribution in [2.75, 3.05) is 0 Å². The van der Waals surface area contributed by atoms with Gasteiger partial charge in [-0.15, -0.1) is 35.2 Å². The Bertz CT molecular complexity index is 234. The molecular weight excluding hydrogens is 192 g/mol. The molecule has 0 radical (unpaired) electrons. The van der Waals surface area contributed by atoms with E-state index in [1.165, 1.54) is 11.3 Å². The first kappa shape index (κ1) is 9.67. The normalized spacial score (nSPS) is 8.50. The van der Waals surface area contributed by atoms with E-state index in [0.29, 0.717) is 9.35 Å². The molecule has 0 aromatic carbocycles. The van der Waals surface area contributed by atoms with Crippen LogP contribution in [0.5, 0.6) is 0 Å². The van der Waals surface area contributed by atoms with Crippen molar-refractivity contribution in [3.05, 3.63) is 5.01 Å². The Morgan fingerprint density at radius 2 is 2.20 bits per heavy atom. The van der Waals surface area contributed by atoms with E-state index in [1.54, 1.807) is 0 Å². The Balaban J connectivity index is 0.000000810. The minimum atomic E-state index is -0.0622.